The lowest BCUT2D eigenvalue weighted by Gasteiger charge is -2.02. The summed E-state index contributed by atoms with van der Waals surface area (Å²) >= 11 is 3.42. The van der Waals surface area contributed by atoms with Gasteiger partial charge in [-0.25, -0.2) is 0 Å². The molecule has 0 fully saturated rings. The van der Waals surface area contributed by atoms with Gasteiger partial charge < -0.3 is 4.98 Å². The monoisotopic (exact) mass is 305 g/mol. The number of aromatic nitrogens is 1. The number of rotatable bonds is 3. The van der Waals surface area contributed by atoms with Crippen molar-refractivity contribution < 1.29 is 4.79 Å². The maximum atomic E-state index is 12.3. The molecule has 0 aliphatic carbocycles. The molecule has 0 unspecified atom stereocenters. The number of carbonyl (C=O) groups excluding carboxylic acids is 1. The first-order valence-electron chi connectivity index (χ1n) is 5.92. The third-order valence-corrected chi connectivity index (χ3v) is 3.84. The van der Waals surface area contributed by atoms with Gasteiger partial charge in [0.1, 0.15) is 0 Å². The molecule has 18 heavy (non-hydrogen) atoms. The second-order valence-corrected chi connectivity index (χ2v) is 5.52. The van der Waals surface area contributed by atoms with Crippen LogP contribution in [0.3, 0.4) is 0 Å². The van der Waals surface area contributed by atoms with E-state index in [-0.39, 0.29) is 5.78 Å². The lowest BCUT2D eigenvalue weighted by Crippen LogP contribution is -2.05. The summed E-state index contributed by atoms with van der Waals surface area (Å²) in [6.07, 6.45) is 0.430. The van der Waals surface area contributed by atoms with Crippen molar-refractivity contribution in [3.8, 4) is 0 Å². The number of H-pyrrole nitrogens is 1. The van der Waals surface area contributed by atoms with Gasteiger partial charge >= 0.3 is 0 Å². The Labute approximate surface area is 116 Å². The highest BCUT2D eigenvalue weighted by Gasteiger charge is 2.15. The summed E-state index contributed by atoms with van der Waals surface area (Å²) in [6, 6.07) is 7.86. The van der Waals surface area contributed by atoms with E-state index in [0.717, 1.165) is 27.0 Å². The summed E-state index contributed by atoms with van der Waals surface area (Å²) in [5, 5.41) is 0. The average molecular weight is 306 g/mol. The zero-order valence-electron chi connectivity index (χ0n) is 10.8. The molecule has 0 bridgehead atoms. The molecule has 94 valence electrons. The molecule has 1 N–H and O–H groups in total. The van der Waals surface area contributed by atoms with E-state index in [0.29, 0.717) is 6.42 Å². The van der Waals surface area contributed by atoms with Crippen molar-refractivity contribution >= 4 is 21.7 Å². The van der Waals surface area contributed by atoms with E-state index in [1.165, 1.54) is 5.56 Å². The van der Waals surface area contributed by atoms with Crippen molar-refractivity contribution in [2.24, 2.45) is 0 Å². The minimum Gasteiger partial charge on any atom is -0.356 e. The number of carbonyl (C=O) groups is 1. The van der Waals surface area contributed by atoms with Gasteiger partial charge in [-0.2, -0.15) is 0 Å². The molecular formula is C15H16BrNO. The fraction of sp³-hybridized carbons (Fsp3) is 0.267. The molecule has 0 saturated heterocycles. The first-order valence-corrected chi connectivity index (χ1v) is 6.71. The van der Waals surface area contributed by atoms with Crippen LogP contribution in [-0.2, 0) is 6.42 Å². The van der Waals surface area contributed by atoms with E-state index in [1.807, 2.05) is 45.0 Å². The van der Waals surface area contributed by atoms with Crippen LogP contribution in [0.25, 0.3) is 0 Å². The fourth-order valence-electron chi connectivity index (χ4n) is 2.04. The molecule has 3 heteroatoms. The van der Waals surface area contributed by atoms with Crippen LogP contribution in [0.15, 0.2) is 28.7 Å². The number of halogens is 1. The molecule has 1 heterocycles. The lowest BCUT2D eigenvalue weighted by atomic mass is 10.0. The largest absolute Gasteiger partial charge is 0.356 e. The maximum absolute atomic E-state index is 12.3. The molecule has 2 aromatic rings. The molecule has 2 rings (SSSR count). The summed E-state index contributed by atoms with van der Waals surface area (Å²) in [7, 11) is 0. The standard InChI is InChI=1S/C15H16BrNO/c1-9-10(2)15(17-11(9)3)14(18)8-12-5-4-6-13(16)7-12/h4-7,17H,8H2,1-3H3. The number of ketones is 1. The SMILES string of the molecule is Cc1[nH]c(C(=O)Cc2cccc(Br)c2)c(C)c1C. The number of Topliss-reactive ketones (excluding diaryl/α,β-unsaturated/α-hetero) is 1. The van der Waals surface area contributed by atoms with Crippen LogP contribution in [0.5, 0.6) is 0 Å². The predicted octanol–water partition coefficient (Wildman–Crippen LogP) is 4.13. The summed E-state index contributed by atoms with van der Waals surface area (Å²) in [4.78, 5) is 15.5. The lowest BCUT2D eigenvalue weighted by molar-refractivity contribution is 0.0988. The minimum atomic E-state index is 0.141. The van der Waals surface area contributed by atoms with E-state index in [4.69, 9.17) is 0 Å². The molecule has 0 saturated carbocycles. The van der Waals surface area contributed by atoms with E-state index >= 15 is 0 Å². The Balaban J connectivity index is 2.25. The summed E-state index contributed by atoms with van der Waals surface area (Å²) in [5.74, 6) is 0.141. The zero-order valence-corrected chi connectivity index (χ0v) is 12.4. The summed E-state index contributed by atoms with van der Waals surface area (Å²) in [6.45, 7) is 6.03. The first-order chi connectivity index (χ1) is 8.49. The Morgan fingerprint density at radius 2 is 1.94 bits per heavy atom. The first kappa shape index (κ1) is 13.1. The molecule has 1 aromatic heterocycles. The number of hydrogen-bond donors (Lipinski definition) is 1. The van der Waals surface area contributed by atoms with Gasteiger partial charge in [0.05, 0.1) is 5.69 Å². The van der Waals surface area contributed by atoms with Gasteiger partial charge in [0.15, 0.2) is 5.78 Å². The number of hydrogen-bond acceptors (Lipinski definition) is 1. The number of aryl methyl sites for hydroxylation is 1. The van der Waals surface area contributed by atoms with Crippen LogP contribution in [0.4, 0.5) is 0 Å². The average Bonchev–Trinajstić information content (AvgIpc) is 2.57. The Hall–Kier alpha value is -1.35. The third-order valence-electron chi connectivity index (χ3n) is 3.35. The smallest absolute Gasteiger partial charge is 0.183 e. The maximum Gasteiger partial charge on any atom is 0.183 e. The predicted molar refractivity (Wildman–Crippen MR) is 77.2 cm³/mol. The van der Waals surface area contributed by atoms with E-state index in [2.05, 4.69) is 20.9 Å². The van der Waals surface area contributed by atoms with Crippen LogP contribution in [0.1, 0.15) is 32.9 Å². The van der Waals surface area contributed by atoms with Crippen LogP contribution < -0.4 is 0 Å². The molecule has 0 aliphatic rings. The van der Waals surface area contributed by atoms with Crippen LogP contribution in [0.2, 0.25) is 0 Å². The normalized spacial score (nSPS) is 10.7. The Morgan fingerprint density at radius 1 is 1.22 bits per heavy atom. The number of aromatic amines is 1. The summed E-state index contributed by atoms with van der Waals surface area (Å²) < 4.78 is 1.00. The van der Waals surface area contributed by atoms with Gasteiger partial charge in [-0.05, 0) is 49.6 Å². The molecule has 1 aromatic carbocycles. The van der Waals surface area contributed by atoms with Gasteiger partial charge in [-0.15, -0.1) is 0 Å². The van der Waals surface area contributed by atoms with Crippen molar-refractivity contribution in [2.75, 3.05) is 0 Å². The number of nitrogens with one attached hydrogen (secondary N) is 1. The Morgan fingerprint density at radius 3 is 2.50 bits per heavy atom. The minimum absolute atomic E-state index is 0.141. The molecule has 0 spiro atoms. The molecule has 0 aliphatic heterocycles. The van der Waals surface area contributed by atoms with Gasteiger partial charge in [0, 0.05) is 16.6 Å². The van der Waals surface area contributed by atoms with E-state index < -0.39 is 0 Å². The quantitative estimate of drug-likeness (QED) is 0.850. The highest BCUT2D eigenvalue weighted by atomic mass is 79.9. The third kappa shape index (κ3) is 2.56. The van der Waals surface area contributed by atoms with E-state index in [1.54, 1.807) is 0 Å². The zero-order chi connectivity index (χ0) is 13.3. The molecule has 0 amide bonds. The van der Waals surface area contributed by atoms with Crippen LogP contribution in [-0.4, -0.2) is 10.8 Å². The van der Waals surface area contributed by atoms with Crippen molar-refractivity contribution in [3.63, 3.8) is 0 Å². The highest BCUT2D eigenvalue weighted by Crippen LogP contribution is 2.19. The van der Waals surface area contributed by atoms with Crippen molar-refractivity contribution in [1.82, 2.24) is 4.98 Å². The second kappa shape index (κ2) is 5.11. The van der Waals surface area contributed by atoms with Gasteiger partial charge in [0.25, 0.3) is 0 Å². The number of benzene rings is 1. The van der Waals surface area contributed by atoms with Crippen molar-refractivity contribution in [3.05, 3.63) is 56.8 Å². The second-order valence-electron chi connectivity index (χ2n) is 4.60. The van der Waals surface area contributed by atoms with Gasteiger partial charge in [-0.3, -0.25) is 4.79 Å². The van der Waals surface area contributed by atoms with Gasteiger partial charge in [-0.1, -0.05) is 28.1 Å². The molecular weight excluding hydrogens is 290 g/mol. The molecule has 0 atom stereocenters. The Bertz CT molecular complexity index is 599. The topological polar surface area (TPSA) is 32.9 Å². The highest BCUT2D eigenvalue weighted by molar-refractivity contribution is 9.10. The van der Waals surface area contributed by atoms with Crippen molar-refractivity contribution in [1.29, 1.82) is 0 Å². The van der Waals surface area contributed by atoms with Gasteiger partial charge in [0.2, 0.25) is 0 Å². The molecule has 2 nitrogen and oxygen atoms in total. The summed E-state index contributed by atoms with van der Waals surface area (Å²) in [5.41, 5.74) is 5.08. The van der Waals surface area contributed by atoms with Crippen LogP contribution in [0, 0.1) is 20.8 Å². The molecule has 0 radical (unpaired) electrons. The fourth-order valence-corrected chi connectivity index (χ4v) is 2.49. The Kier molecular flexibility index (Phi) is 3.71. The van der Waals surface area contributed by atoms with E-state index in [9.17, 15) is 4.79 Å². The van der Waals surface area contributed by atoms with Crippen molar-refractivity contribution in [2.45, 2.75) is 27.2 Å². The van der Waals surface area contributed by atoms with Crippen LogP contribution >= 0.6 is 15.9 Å².